The smallest absolute Gasteiger partial charge is 0.0543 e. The van der Waals surface area contributed by atoms with Crippen molar-refractivity contribution < 1.29 is 4.74 Å². The third-order valence-electron chi connectivity index (χ3n) is 3.39. The summed E-state index contributed by atoms with van der Waals surface area (Å²) in [4.78, 5) is 0. The maximum Gasteiger partial charge on any atom is 0.0543 e. The van der Waals surface area contributed by atoms with Gasteiger partial charge in [-0.3, -0.25) is 0 Å². The minimum Gasteiger partial charge on any atom is -0.382 e. The Labute approximate surface area is 102 Å². The molecule has 0 aliphatic carbocycles. The van der Waals surface area contributed by atoms with Crippen molar-refractivity contribution in [2.75, 3.05) is 7.11 Å². The van der Waals surface area contributed by atoms with E-state index in [1.807, 2.05) is 6.08 Å². The molecule has 1 radical (unpaired) electrons. The van der Waals surface area contributed by atoms with Gasteiger partial charge in [0.05, 0.1) is 6.10 Å². The van der Waals surface area contributed by atoms with Crippen molar-refractivity contribution in [1.82, 2.24) is 0 Å². The minimum absolute atomic E-state index is 0.416. The Balaban J connectivity index is 3.37. The largest absolute Gasteiger partial charge is 0.382 e. The first-order valence-electron chi connectivity index (χ1n) is 6.68. The third kappa shape index (κ3) is 8.96. The Bertz CT molecular complexity index is 165. The van der Waals surface area contributed by atoms with Crippen LogP contribution < -0.4 is 0 Å². The van der Waals surface area contributed by atoms with Crippen molar-refractivity contribution in [1.29, 1.82) is 0 Å². The first-order valence-corrected chi connectivity index (χ1v) is 6.68. The highest BCUT2D eigenvalue weighted by Crippen LogP contribution is 2.18. The third-order valence-corrected chi connectivity index (χ3v) is 3.39. The zero-order valence-corrected chi connectivity index (χ0v) is 11.5. The Kier molecular flexibility index (Phi) is 9.71. The molecule has 0 N–H and O–H groups in total. The number of allylic oxidation sites excluding steroid dienone is 1. The quantitative estimate of drug-likeness (QED) is 0.527. The van der Waals surface area contributed by atoms with E-state index in [2.05, 4.69) is 20.8 Å². The van der Waals surface area contributed by atoms with E-state index in [-0.39, 0.29) is 0 Å². The SMILES string of the molecule is [CH]=CC(C)CCCC(C)CCCC(C)OC. The van der Waals surface area contributed by atoms with E-state index in [4.69, 9.17) is 11.3 Å². The summed E-state index contributed by atoms with van der Waals surface area (Å²) >= 11 is 0. The Morgan fingerprint density at radius 1 is 1.00 bits per heavy atom. The fourth-order valence-corrected chi connectivity index (χ4v) is 1.90. The van der Waals surface area contributed by atoms with Crippen molar-refractivity contribution in [3.63, 3.8) is 0 Å². The maximum absolute atomic E-state index is 5.48. The standard InChI is InChI=1S/C15H29O/c1-6-13(2)9-7-10-14(3)11-8-12-15(4)16-5/h1,6,13-15H,7-12H2,2-5H3. The summed E-state index contributed by atoms with van der Waals surface area (Å²) in [5, 5.41) is 0. The molecule has 1 nitrogen and oxygen atoms in total. The highest BCUT2D eigenvalue weighted by Gasteiger charge is 2.05. The van der Waals surface area contributed by atoms with E-state index in [0.29, 0.717) is 12.0 Å². The van der Waals surface area contributed by atoms with Gasteiger partial charge < -0.3 is 4.74 Å². The zero-order chi connectivity index (χ0) is 12.4. The molecule has 1 heteroatoms. The van der Waals surface area contributed by atoms with E-state index < -0.39 is 0 Å². The van der Waals surface area contributed by atoms with Crippen LogP contribution in [0, 0.1) is 18.4 Å². The molecule has 0 spiro atoms. The van der Waals surface area contributed by atoms with Crippen LogP contribution in [0.15, 0.2) is 6.08 Å². The minimum atomic E-state index is 0.416. The van der Waals surface area contributed by atoms with Gasteiger partial charge in [-0.1, -0.05) is 52.2 Å². The van der Waals surface area contributed by atoms with Gasteiger partial charge in [0.15, 0.2) is 0 Å². The van der Waals surface area contributed by atoms with Gasteiger partial charge in [0.25, 0.3) is 0 Å². The molecule has 0 fully saturated rings. The number of rotatable bonds is 10. The molecule has 16 heavy (non-hydrogen) atoms. The molecule has 0 aliphatic heterocycles. The molecule has 0 saturated heterocycles. The van der Waals surface area contributed by atoms with E-state index in [1.165, 1.54) is 38.5 Å². The number of hydrogen-bond acceptors (Lipinski definition) is 1. The van der Waals surface area contributed by atoms with Gasteiger partial charge >= 0.3 is 0 Å². The van der Waals surface area contributed by atoms with Crippen LogP contribution in [0.3, 0.4) is 0 Å². The molecule has 0 aromatic carbocycles. The lowest BCUT2D eigenvalue weighted by Gasteiger charge is -2.14. The van der Waals surface area contributed by atoms with Crippen molar-refractivity contribution in [2.45, 2.75) is 65.4 Å². The van der Waals surface area contributed by atoms with Crippen LogP contribution in [-0.2, 0) is 4.74 Å². The lowest BCUT2D eigenvalue weighted by atomic mass is 9.94. The molecule has 0 aliphatic rings. The molecule has 95 valence electrons. The van der Waals surface area contributed by atoms with Crippen LogP contribution in [-0.4, -0.2) is 13.2 Å². The molecule has 0 aromatic rings. The van der Waals surface area contributed by atoms with Crippen LogP contribution >= 0.6 is 0 Å². The van der Waals surface area contributed by atoms with Gasteiger partial charge in [0, 0.05) is 7.11 Å². The van der Waals surface area contributed by atoms with Gasteiger partial charge in [-0.25, -0.2) is 0 Å². The summed E-state index contributed by atoms with van der Waals surface area (Å²) < 4.78 is 5.24. The van der Waals surface area contributed by atoms with Gasteiger partial charge in [0.1, 0.15) is 0 Å². The van der Waals surface area contributed by atoms with Gasteiger partial charge in [-0.2, -0.15) is 0 Å². The molecule has 3 atom stereocenters. The first kappa shape index (κ1) is 15.7. The Morgan fingerprint density at radius 2 is 1.56 bits per heavy atom. The van der Waals surface area contributed by atoms with E-state index in [9.17, 15) is 0 Å². The van der Waals surface area contributed by atoms with Crippen LogP contribution in [0.25, 0.3) is 0 Å². The second kappa shape index (κ2) is 9.89. The topological polar surface area (TPSA) is 9.23 Å². The summed E-state index contributed by atoms with van der Waals surface area (Å²) in [6, 6.07) is 0. The maximum atomic E-state index is 5.48. The average molecular weight is 225 g/mol. The van der Waals surface area contributed by atoms with E-state index in [1.54, 1.807) is 7.11 Å². The number of methoxy groups -OCH3 is 1. The second-order valence-corrected chi connectivity index (χ2v) is 5.18. The van der Waals surface area contributed by atoms with Gasteiger partial charge in [0.2, 0.25) is 0 Å². The highest BCUT2D eigenvalue weighted by atomic mass is 16.5. The van der Waals surface area contributed by atoms with Crippen LogP contribution in [0.5, 0.6) is 0 Å². The second-order valence-electron chi connectivity index (χ2n) is 5.18. The Hall–Kier alpha value is -0.300. The zero-order valence-electron chi connectivity index (χ0n) is 11.5. The fraction of sp³-hybridized carbons (Fsp3) is 0.867. The molecule has 0 heterocycles. The van der Waals surface area contributed by atoms with E-state index >= 15 is 0 Å². The van der Waals surface area contributed by atoms with Crippen LogP contribution in [0.1, 0.15) is 59.3 Å². The molecule has 0 amide bonds. The first-order chi connectivity index (χ1) is 7.60. The van der Waals surface area contributed by atoms with Gasteiger partial charge in [-0.15, -0.1) is 0 Å². The summed E-state index contributed by atoms with van der Waals surface area (Å²) in [6.07, 6.45) is 9.89. The highest BCUT2D eigenvalue weighted by molar-refractivity contribution is 4.72. The van der Waals surface area contributed by atoms with Crippen molar-refractivity contribution >= 4 is 0 Å². The van der Waals surface area contributed by atoms with Crippen molar-refractivity contribution in [2.24, 2.45) is 11.8 Å². The van der Waals surface area contributed by atoms with Crippen molar-refractivity contribution in [3.05, 3.63) is 12.7 Å². The lowest BCUT2D eigenvalue weighted by molar-refractivity contribution is 0.107. The number of hydrogen-bond donors (Lipinski definition) is 0. The molecule has 0 aromatic heterocycles. The molecular formula is C15H29O. The molecule has 0 rings (SSSR count). The number of ether oxygens (including phenoxy) is 1. The summed E-state index contributed by atoms with van der Waals surface area (Å²) in [6.45, 7) is 12.2. The lowest BCUT2D eigenvalue weighted by Crippen LogP contribution is -2.05. The normalized spacial score (nSPS) is 16.8. The van der Waals surface area contributed by atoms with Crippen LogP contribution in [0.2, 0.25) is 0 Å². The average Bonchev–Trinajstić information content (AvgIpc) is 2.28. The summed E-state index contributed by atoms with van der Waals surface area (Å²) in [5.41, 5.74) is 0. The predicted molar refractivity (Wildman–Crippen MR) is 71.4 cm³/mol. The summed E-state index contributed by atoms with van der Waals surface area (Å²) in [5.74, 6) is 1.41. The fourth-order valence-electron chi connectivity index (χ4n) is 1.90. The predicted octanol–water partition coefficient (Wildman–Crippen LogP) is 4.62. The van der Waals surface area contributed by atoms with Gasteiger partial charge in [-0.05, 0) is 31.6 Å². The molecule has 3 unspecified atom stereocenters. The Morgan fingerprint density at radius 3 is 2.06 bits per heavy atom. The van der Waals surface area contributed by atoms with E-state index in [0.717, 1.165) is 5.92 Å². The molecular weight excluding hydrogens is 196 g/mol. The molecule has 0 bridgehead atoms. The monoisotopic (exact) mass is 225 g/mol. The van der Waals surface area contributed by atoms with Crippen molar-refractivity contribution in [3.8, 4) is 0 Å². The summed E-state index contributed by atoms with van der Waals surface area (Å²) in [7, 11) is 1.79. The molecule has 0 saturated carbocycles. The van der Waals surface area contributed by atoms with Crippen LogP contribution in [0.4, 0.5) is 0 Å².